The Labute approximate surface area is 146 Å². The molecule has 0 aliphatic heterocycles. The number of hydrogen-bond acceptors (Lipinski definition) is 4. The second kappa shape index (κ2) is 6.91. The lowest BCUT2D eigenvalue weighted by atomic mass is 10.2. The van der Waals surface area contributed by atoms with Crippen molar-refractivity contribution >= 4 is 38.6 Å². The molecule has 0 aliphatic rings. The van der Waals surface area contributed by atoms with Gasteiger partial charge in [0.2, 0.25) is 10.0 Å². The van der Waals surface area contributed by atoms with Crippen LogP contribution < -0.4 is 5.32 Å². The molecule has 1 aromatic heterocycles. The lowest BCUT2D eigenvalue weighted by Crippen LogP contribution is -2.22. The molecule has 132 valence electrons. The highest BCUT2D eigenvalue weighted by molar-refractivity contribution is 7.89. The van der Waals surface area contributed by atoms with Crippen LogP contribution in [-0.4, -0.2) is 26.8 Å². The molecule has 0 spiro atoms. The van der Waals surface area contributed by atoms with E-state index in [2.05, 4.69) is 5.32 Å². The van der Waals surface area contributed by atoms with Gasteiger partial charge in [-0.3, -0.25) is 0 Å². The normalized spacial score (nSPS) is 12.6. The lowest BCUT2D eigenvalue weighted by molar-refractivity contribution is -0.134. The molecule has 1 N–H and O–H groups in total. The van der Waals surface area contributed by atoms with Gasteiger partial charge in [0, 0.05) is 26.3 Å². The Morgan fingerprint density at radius 3 is 2.46 bits per heavy atom. The number of halogens is 4. The molecule has 1 heterocycles. The largest absolute Gasteiger partial charge is 0.425 e. The standard InChI is InChI=1S/C14H14ClF3N2O2S2/c1-20(2)24(21,22)12-6-10(3-4-11(12)15)19-7-9-5-13(23-8-9)14(16,17)18/h3-6,8,19H,7H2,1-2H3. The molecule has 0 saturated heterocycles. The van der Waals surface area contributed by atoms with Gasteiger partial charge in [0.05, 0.1) is 5.02 Å². The molecule has 24 heavy (non-hydrogen) atoms. The minimum absolute atomic E-state index is 0.0690. The number of nitrogens with one attached hydrogen (secondary N) is 1. The van der Waals surface area contributed by atoms with Gasteiger partial charge in [-0.25, -0.2) is 12.7 Å². The summed E-state index contributed by atoms with van der Waals surface area (Å²) >= 11 is 6.56. The first-order chi connectivity index (χ1) is 11.0. The lowest BCUT2D eigenvalue weighted by Gasteiger charge is -2.14. The summed E-state index contributed by atoms with van der Waals surface area (Å²) in [6.07, 6.45) is -4.36. The molecule has 0 radical (unpaired) electrons. The molecule has 1 aromatic carbocycles. The molecular formula is C14H14ClF3N2O2S2. The number of nitrogens with zero attached hydrogens (tertiary/aromatic N) is 1. The zero-order valence-corrected chi connectivity index (χ0v) is 15.1. The molecular weight excluding hydrogens is 385 g/mol. The van der Waals surface area contributed by atoms with Crippen molar-refractivity contribution in [3.05, 3.63) is 45.1 Å². The first kappa shape index (κ1) is 19.0. The quantitative estimate of drug-likeness (QED) is 0.817. The smallest absolute Gasteiger partial charge is 0.381 e. The minimum Gasteiger partial charge on any atom is -0.381 e. The van der Waals surface area contributed by atoms with E-state index >= 15 is 0 Å². The highest BCUT2D eigenvalue weighted by Gasteiger charge is 2.32. The van der Waals surface area contributed by atoms with Gasteiger partial charge in [-0.15, -0.1) is 11.3 Å². The number of sulfonamides is 1. The van der Waals surface area contributed by atoms with Gasteiger partial charge in [0.15, 0.2) is 0 Å². The van der Waals surface area contributed by atoms with E-state index in [4.69, 9.17) is 11.6 Å². The van der Waals surface area contributed by atoms with E-state index in [1.807, 2.05) is 0 Å². The summed E-state index contributed by atoms with van der Waals surface area (Å²) < 4.78 is 63.1. The summed E-state index contributed by atoms with van der Waals surface area (Å²) in [5.74, 6) is 0. The first-order valence-corrected chi connectivity index (χ1v) is 9.32. The van der Waals surface area contributed by atoms with E-state index in [0.29, 0.717) is 22.6 Å². The second-order valence-corrected chi connectivity index (χ2v) is 8.54. The molecule has 0 amide bonds. The van der Waals surface area contributed by atoms with Crippen LogP contribution in [0.4, 0.5) is 18.9 Å². The molecule has 2 aromatic rings. The predicted octanol–water partition coefficient (Wildman–Crippen LogP) is 4.28. The number of anilines is 1. The summed E-state index contributed by atoms with van der Waals surface area (Å²) in [5.41, 5.74) is 0.902. The molecule has 0 bridgehead atoms. The van der Waals surface area contributed by atoms with Crippen molar-refractivity contribution in [2.24, 2.45) is 0 Å². The van der Waals surface area contributed by atoms with Gasteiger partial charge in [-0.2, -0.15) is 13.2 Å². The highest BCUT2D eigenvalue weighted by Crippen LogP contribution is 2.34. The molecule has 0 aliphatic carbocycles. The van der Waals surface area contributed by atoms with Crippen LogP contribution in [0.15, 0.2) is 34.5 Å². The Balaban J connectivity index is 2.18. The Kier molecular flexibility index (Phi) is 5.48. The molecule has 0 unspecified atom stereocenters. The van der Waals surface area contributed by atoms with Crippen molar-refractivity contribution in [3.8, 4) is 0 Å². The summed E-state index contributed by atoms with van der Waals surface area (Å²) in [6, 6.07) is 5.41. The molecule has 10 heteroatoms. The number of rotatable bonds is 5. The summed E-state index contributed by atoms with van der Waals surface area (Å²) in [7, 11) is -0.944. The Bertz CT molecular complexity index is 833. The van der Waals surface area contributed by atoms with Crippen LogP contribution in [0.25, 0.3) is 0 Å². The Hall–Kier alpha value is -1.29. The van der Waals surface area contributed by atoms with E-state index in [1.54, 1.807) is 6.07 Å². The van der Waals surface area contributed by atoms with E-state index < -0.39 is 21.1 Å². The zero-order valence-electron chi connectivity index (χ0n) is 12.7. The van der Waals surface area contributed by atoms with Crippen LogP contribution in [0.2, 0.25) is 5.02 Å². The average molecular weight is 399 g/mol. The van der Waals surface area contributed by atoms with E-state index in [1.165, 1.54) is 31.6 Å². The highest BCUT2D eigenvalue weighted by atomic mass is 35.5. The summed E-state index contributed by atoms with van der Waals surface area (Å²) in [5, 5.41) is 4.38. The van der Waals surface area contributed by atoms with Crippen molar-refractivity contribution in [3.63, 3.8) is 0 Å². The van der Waals surface area contributed by atoms with Gasteiger partial charge in [-0.1, -0.05) is 11.6 Å². The minimum atomic E-state index is -4.36. The molecule has 2 rings (SSSR count). The number of thiophene rings is 1. The molecule has 0 atom stereocenters. The maximum absolute atomic E-state index is 12.6. The van der Waals surface area contributed by atoms with Crippen LogP contribution in [0.1, 0.15) is 10.4 Å². The van der Waals surface area contributed by atoms with Crippen molar-refractivity contribution in [2.45, 2.75) is 17.6 Å². The third kappa shape index (κ3) is 4.21. The van der Waals surface area contributed by atoms with Crippen molar-refractivity contribution in [2.75, 3.05) is 19.4 Å². The van der Waals surface area contributed by atoms with Crippen LogP contribution >= 0.6 is 22.9 Å². The molecule has 0 saturated carbocycles. The maximum atomic E-state index is 12.6. The Morgan fingerprint density at radius 2 is 1.92 bits per heavy atom. The zero-order chi connectivity index (χ0) is 18.1. The summed E-state index contributed by atoms with van der Waals surface area (Å²) in [6.45, 7) is 0.135. The molecule has 0 fully saturated rings. The number of benzene rings is 1. The topological polar surface area (TPSA) is 49.4 Å². The van der Waals surface area contributed by atoms with Crippen molar-refractivity contribution < 1.29 is 21.6 Å². The van der Waals surface area contributed by atoms with Gasteiger partial charge < -0.3 is 5.32 Å². The monoisotopic (exact) mass is 398 g/mol. The van der Waals surface area contributed by atoms with Crippen LogP contribution in [0, 0.1) is 0 Å². The summed E-state index contributed by atoms with van der Waals surface area (Å²) in [4.78, 5) is -0.744. The van der Waals surface area contributed by atoms with Crippen molar-refractivity contribution in [1.29, 1.82) is 0 Å². The second-order valence-electron chi connectivity index (χ2n) is 5.10. The number of hydrogen-bond donors (Lipinski definition) is 1. The third-order valence-electron chi connectivity index (χ3n) is 3.12. The first-order valence-electron chi connectivity index (χ1n) is 6.62. The van der Waals surface area contributed by atoms with Crippen LogP contribution in [0.5, 0.6) is 0 Å². The van der Waals surface area contributed by atoms with Gasteiger partial charge in [0.25, 0.3) is 0 Å². The van der Waals surface area contributed by atoms with E-state index in [9.17, 15) is 21.6 Å². The van der Waals surface area contributed by atoms with E-state index in [-0.39, 0.29) is 16.5 Å². The maximum Gasteiger partial charge on any atom is 0.425 e. The van der Waals surface area contributed by atoms with Crippen molar-refractivity contribution in [1.82, 2.24) is 4.31 Å². The number of alkyl halides is 3. The van der Waals surface area contributed by atoms with Gasteiger partial charge in [-0.05, 0) is 35.2 Å². The fourth-order valence-corrected chi connectivity index (χ4v) is 4.01. The molecule has 4 nitrogen and oxygen atoms in total. The fourth-order valence-electron chi connectivity index (χ4n) is 1.83. The predicted molar refractivity (Wildman–Crippen MR) is 89.0 cm³/mol. The van der Waals surface area contributed by atoms with Crippen LogP contribution in [0.3, 0.4) is 0 Å². The Morgan fingerprint density at radius 1 is 1.25 bits per heavy atom. The van der Waals surface area contributed by atoms with Crippen LogP contribution in [-0.2, 0) is 22.7 Å². The van der Waals surface area contributed by atoms with Gasteiger partial charge >= 0.3 is 6.18 Å². The third-order valence-corrected chi connectivity index (χ3v) is 6.44. The fraction of sp³-hybridized carbons (Fsp3) is 0.286. The SMILES string of the molecule is CN(C)S(=O)(=O)c1cc(NCc2csc(C(F)(F)F)c2)ccc1Cl. The average Bonchev–Trinajstić information content (AvgIpc) is 2.95. The van der Waals surface area contributed by atoms with E-state index in [0.717, 1.165) is 10.4 Å². The van der Waals surface area contributed by atoms with Gasteiger partial charge in [0.1, 0.15) is 9.77 Å².